The Morgan fingerprint density at radius 2 is 1.62 bits per heavy atom. The molecule has 2 aromatic rings. The van der Waals surface area contributed by atoms with E-state index in [4.69, 9.17) is 4.74 Å². The quantitative estimate of drug-likeness (QED) is 0.726. The number of benzene rings is 1. The minimum Gasteiger partial charge on any atom is -0.497 e. The van der Waals surface area contributed by atoms with Crippen LogP contribution in [0.2, 0.25) is 0 Å². The number of ether oxygens (including phenoxy) is 1. The van der Waals surface area contributed by atoms with Gasteiger partial charge in [0.2, 0.25) is 0 Å². The summed E-state index contributed by atoms with van der Waals surface area (Å²) in [7, 11) is 1.61. The Morgan fingerprint density at radius 1 is 0.931 bits per heavy atom. The molecule has 152 valence electrons. The Kier molecular flexibility index (Phi) is 5.74. The summed E-state index contributed by atoms with van der Waals surface area (Å²) in [6, 6.07) is 10.8. The molecule has 0 N–H and O–H groups in total. The number of nitrogens with zero attached hydrogens (tertiary/aromatic N) is 4. The highest BCUT2D eigenvalue weighted by molar-refractivity contribution is 5.98. The molecule has 0 unspecified atom stereocenters. The maximum atomic E-state index is 12.8. The zero-order chi connectivity index (χ0) is 20.2. The number of aromatic nitrogens is 2. The number of ketones is 1. The Bertz CT molecular complexity index is 853. The second-order valence-corrected chi connectivity index (χ2v) is 7.63. The van der Waals surface area contributed by atoms with Crippen molar-refractivity contribution >= 4 is 17.5 Å². The van der Waals surface area contributed by atoms with E-state index in [1.807, 2.05) is 6.07 Å². The van der Waals surface area contributed by atoms with E-state index < -0.39 is 0 Å². The van der Waals surface area contributed by atoms with Gasteiger partial charge in [0, 0.05) is 37.7 Å². The fourth-order valence-corrected chi connectivity index (χ4v) is 4.05. The van der Waals surface area contributed by atoms with Gasteiger partial charge in [0.05, 0.1) is 7.11 Å². The molecule has 2 saturated heterocycles. The van der Waals surface area contributed by atoms with Crippen molar-refractivity contribution in [2.75, 3.05) is 38.2 Å². The molecule has 29 heavy (non-hydrogen) atoms. The number of carbonyl (C=O) groups is 2. The second kappa shape index (κ2) is 8.59. The number of piperidine rings is 1. The van der Waals surface area contributed by atoms with Gasteiger partial charge in [0.25, 0.3) is 5.91 Å². The van der Waals surface area contributed by atoms with Crippen LogP contribution in [-0.2, 0) is 0 Å². The Balaban J connectivity index is 1.33. The number of Topliss-reactive ketones (excluding diaryl/α,β-unsaturated/α-hetero) is 1. The molecular formula is C22H26N4O3. The van der Waals surface area contributed by atoms with Gasteiger partial charge in [-0.15, -0.1) is 10.2 Å². The minimum absolute atomic E-state index is 0.0592. The van der Waals surface area contributed by atoms with E-state index in [0.717, 1.165) is 24.7 Å². The molecule has 7 nitrogen and oxygen atoms in total. The topological polar surface area (TPSA) is 75.6 Å². The molecule has 4 rings (SSSR count). The minimum atomic E-state index is -0.110. The van der Waals surface area contributed by atoms with E-state index in [1.165, 1.54) is 12.8 Å². The van der Waals surface area contributed by atoms with Crippen molar-refractivity contribution in [3.63, 3.8) is 0 Å². The summed E-state index contributed by atoms with van der Waals surface area (Å²) in [4.78, 5) is 29.5. The van der Waals surface area contributed by atoms with Crippen LogP contribution in [0.25, 0.3) is 0 Å². The first-order valence-corrected chi connectivity index (χ1v) is 10.2. The number of methoxy groups -OCH3 is 1. The fourth-order valence-electron chi connectivity index (χ4n) is 4.05. The van der Waals surface area contributed by atoms with Crippen molar-refractivity contribution in [1.29, 1.82) is 0 Å². The first kappa shape index (κ1) is 19.4. The highest BCUT2D eigenvalue weighted by Crippen LogP contribution is 2.24. The van der Waals surface area contributed by atoms with Crippen molar-refractivity contribution in [2.45, 2.75) is 25.7 Å². The molecule has 0 bridgehead atoms. The van der Waals surface area contributed by atoms with Crippen molar-refractivity contribution in [3.8, 4) is 5.75 Å². The Morgan fingerprint density at radius 3 is 2.21 bits per heavy atom. The second-order valence-electron chi connectivity index (χ2n) is 7.63. The van der Waals surface area contributed by atoms with Crippen LogP contribution in [0.5, 0.6) is 5.75 Å². The summed E-state index contributed by atoms with van der Waals surface area (Å²) in [6.07, 6.45) is 3.67. The van der Waals surface area contributed by atoms with E-state index in [0.29, 0.717) is 37.2 Å². The monoisotopic (exact) mass is 394 g/mol. The molecule has 1 amide bonds. The predicted octanol–water partition coefficient (Wildman–Crippen LogP) is 2.82. The van der Waals surface area contributed by atoms with Crippen LogP contribution in [0.3, 0.4) is 0 Å². The van der Waals surface area contributed by atoms with Crippen LogP contribution < -0.4 is 9.64 Å². The molecule has 0 radical (unpaired) electrons. The first-order chi connectivity index (χ1) is 14.2. The number of amides is 1. The predicted molar refractivity (Wildman–Crippen MR) is 109 cm³/mol. The van der Waals surface area contributed by atoms with E-state index in [2.05, 4.69) is 15.1 Å². The Labute approximate surface area is 170 Å². The largest absolute Gasteiger partial charge is 0.497 e. The fraction of sp³-hybridized carbons (Fsp3) is 0.455. The number of carbonyl (C=O) groups excluding carboxylic acids is 2. The molecule has 2 aliphatic rings. The number of hydrogen-bond donors (Lipinski definition) is 0. The highest BCUT2D eigenvalue weighted by atomic mass is 16.5. The van der Waals surface area contributed by atoms with Crippen LogP contribution in [-0.4, -0.2) is 60.1 Å². The van der Waals surface area contributed by atoms with Gasteiger partial charge in [-0.1, -0.05) is 0 Å². The molecule has 0 spiro atoms. The van der Waals surface area contributed by atoms with Crippen LogP contribution in [0.15, 0.2) is 36.4 Å². The highest BCUT2D eigenvalue weighted by Gasteiger charge is 2.29. The summed E-state index contributed by atoms with van der Waals surface area (Å²) < 4.78 is 5.14. The van der Waals surface area contributed by atoms with Crippen LogP contribution in [0.1, 0.15) is 46.5 Å². The maximum absolute atomic E-state index is 12.8. The summed E-state index contributed by atoms with van der Waals surface area (Å²) in [5.74, 6) is 1.54. The SMILES string of the molecule is COc1ccc(C(=O)C2CCN(C(=O)c3ccc(N4CCCC4)nn3)CC2)cc1. The van der Waals surface area contributed by atoms with Gasteiger partial charge in [-0.25, -0.2) is 0 Å². The zero-order valence-corrected chi connectivity index (χ0v) is 16.7. The molecule has 7 heteroatoms. The van der Waals surface area contributed by atoms with Gasteiger partial charge in [-0.2, -0.15) is 0 Å². The van der Waals surface area contributed by atoms with E-state index in [-0.39, 0.29) is 17.6 Å². The normalized spacial score (nSPS) is 17.4. The molecule has 0 atom stereocenters. The summed E-state index contributed by atoms with van der Waals surface area (Å²) in [5.41, 5.74) is 1.06. The molecule has 2 fully saturated rings. The maximum Gasteiger partial charge on any atom is 0.274 e. The Hall–Kier alpha value is -2.96. The lowest BCUT2D eigenvalue weighted by molar-refractivity contribution is 0.0644. The van der Waals surface area contributed by atoms with Gasteiger partial charge in [0.15, 0.2) is 17.3 Å². The molecular weight excluding hydrogens is 368 g/mol. The lowest BCUT2D eigenvalue weighted by Crippen LogP contribution is -2.40. The summed E-state index contributed by atoms with van der Waals surface area (Å²) >= 11 is 0. The van der Waals surface area contributed by atoms with Crippen LogP contribution >= 0.6 is 0 Å². The standard InChI is InChI=1S/C22H26N4O3/c1-29-18-6-4-16(5-7-18)21(27)17-10-14-26(15-11-17)22(28)19-8-9-20(24-23-19)25-12-2-3-13-25/h4-9,17H,2-3,10-15H2,1H3. The number of likely N-dealkylation sites (tertiary alicyclic amines) is 1. The third kappa shape index (κ3) is 4.23. The van der Waals surface area contributed by atoms with Gasteiger partial charge in [-0.05, 0) is 62.1 Å². The lowest BCUT2D eigenvalue weighted by atomic mass is 9.89. The molecule has 0 saturated carbocycles. The van der Waals surface area contributed by atoms with Crippen LogP contribution in [0.4, 0.5) is 5.82 Å². The molecule has 1 aromatic carbocycles. The van der Waals surface area contributed by atoms with Gasteiger partial charge >= 0.3 is 0 Å². The van der Waals surface area contributed by atoms with E-state index in [1.54, 1.807) is 42.3 Å². The van der Waals surface area contributed by atoms with Crippen LogP contribution in [0, 0.1) is 5.92 Å². The van der Waals surface area contributed by atoms with Gasteiger partial charge in [0.1, 0.15) is 5.75 Å². The molecule has 3 heterocycles. The van der Waals surface area contributed by atoms with Gasteiger partial charge < -0.3 is 14.5 Å². The summed E-state index contributed by atoms with van der Waals surface area (Å²) in [5, 5.41) is 8.39. The summed E-state index contributed by atoms with van der Waals surface area (Å²) in [6.45, 7) is 3.11. The van der Waals surface area contributed by atoms with Crippen molar-refractivity contribution in [3.05, 3.63) is 47.7 Å². The zero-order valence-electron chi connectivity index (χ0n) is 16.7. The van der Waals surface area contributed by atoms with Crippen molar-refractivity contribution in [1.82, 2.24) is 15.1 Å². The van der Waals surface area contributed by atoms with E-state index in [9.17, 15) is 9.59 Å². The average Bonchev–Trinajstić information content (AvgIpc) is 3.33. The van der Waals surface area contributed by atoms with Crippen molar-refractivity contribution < 1.29 is 14.3 Å². The molecule has 1 aromatic heterocycles. The van der Waals surface area contributed by atoms with E-state index >= 15 is 0 Å². The number of hydrogen-bond acceptors (Lipinski definition) is 6. The van der Waals surface area contributed by atoms with Crippen molar-refractivity contribution in [2.24, 2.45) is 5.92 Å². The third-order valence-electron chi connectivity index (χ3n) is 5.83. The lowest BCUT2D eigenvalue weighted by Gasteiger charge is -2.31. The number of rotatable bonds is 5. The number of anilines is 1. The van der Waals surface area contributed by atoms with Gasteiger partial charge in [-0.3, -0.25) is 9.59 Å². The first-order valence-electron chi connectivity index (χ1n) is 10.2. The molecule has 0 aliphatic carbocycles. The molecule has 2 aliphatic heterocycles. The smallest absolute Gasteiger partial charge is 0.274 e. The third-order valence-corrected chi connectivity index (χ3v) is 5.83. The average molecular weight is 394 g/mol.